The Hall–Kier alpha value is -3.93. The Morgan fingerprint density at radius 1 is 0.273 bits per heavy atom. The first kappa shape index (κ1) is 73.1. The summed E-state index contributed by atoms with van der Waals surface area (Å²) in [6.07, 6.45) is 88.2. The van der Waals surface area contributed by atoms with Crippen molar-refractivity contribution in [1.82, 2.24) is 0 Å². The number of rotatable bonds is 58. The summed E-state index contributed by atoms with van der Waals surface area (Å²) in [4.78, 5) is 38.3. The first-order valence-electron chi connectivity index (χ1n) is 32.4. The van der Waals surface area contributed by atoms with Crippen LogP contribution in [-0.4, -0.2) is 37.2 Å². The van der Waals surface area contributed by atoms with E-state index in [-0.39, 0.29) is 31.1 Å². The van der Waals surface area contributed by atoms with Gasteiger partial charge in [0.15, 0.2) is 6.10 Å². The lowest BCUT2D eigenvalue weighted by Crippen LogP contribution is -2.30. The topological polar surface area (TPSA) is 78.9 Å². The van der Waals surface area contributed by atoms with E-state index in [2.05, 4.69) is 130 Å². The summed E-state index contributed by atoms with van der Waals surface area (Å²) in [5, 5.41) is 0. The van der Waals surface area contributed by atoms with Crippen LogP contribution in [0.25, 0.3) is 0 Å². The van der Waals surface area contributed by atoms with Gasteiger partial charge in [0.05, 0.1) is 0 Å². The highest BCUT2D eigenvalue weighted by Crippen LogP contribution is 2.16. The average Bonchev–Trinajstić information content (AvgIpc) is 3.43. The molecule has 0 aromatic rings. The highest BCUT2D eigenvalue weighted by Gasteiger charge is 2.19. The number of ether oxygens (including phenoxy) is 3. The molecule has 0 radical (unpaired) electrons. The van der Waals surface area contributed by atoms with Crippen molar-refractivity contribution in [2.45, 2.75) is 309 Å². The number of allylic oxidation sites excluding steroid dienone is 18. The van der Waals surface area contributed by atoms with E-state index in [1.807, 2.05) is 0 Å². The Balaban J connectivity index is 4.26. The van der Waals surface area contributed by atoms with Crippen LogP contribution in [0.4, 0.5) is 0 Å². The fraction of sp³-hybridized carbons (Fsp3) is 0.704. The molecule has 77 heavy (non-hydrogen) atoms. The molecule has 0 N–H and O–H groups in total. The predicted octanol–water partition coefficient (Wildman–Crippen LogP) is 22.2. The largest absolute Gasteiger partial charge is 0.462 e. The van der Waals surface area contributed by atoms with E-state index in [4.69, 9.17) is 14.2 Å². The molecule has 6 nitrogen and oxygen atoms in total. The summed E-state index contributed by atoms with van der Waals surface area (Å²) in [6.45, 7) is 6.38. The molecule has 0 aromatic heterocycles. The van der Waals surface area contributed by atoms with Crippen LogP contribution in [0.2, 0.25) is 0 Å². The zero-order chi connectivity index (χ0) is 55.7. The van der Waals surface area contributed by atoms with Crippen molar-refractivity contribution < 1.29 is 28.6 Å². The van der Waals surface area contributed by atoms with Crippen molar-refractivity contribution in [2.75, 3.05) is 13.2 Å². The first-order valence-corrected chi connectivity index (χ1v) is 32.4. The van der Waals surface area contributed by atoms with E-state index in [0.29, 0.717) is 19.3 Å². The molecule has 0 fully saturated rings. The number of unbranched alkanes of at least 4 members (excludes halogenated alkanes) is 29. The Morgan fingerprint density at radius 2 is 0.506 bits per heavy atom. The Bertz CT molecular complexity index is 1560. The smallest absolute Gasteiger partial charge is 0.306 e. The fourth-order valence-corrected chi connectivity index (χ4v) is 8.95. The molecule has 440 valence electrons. The maximum Gasteiger partial charge on any atom is 0.306 e. The summed E-state index contributed by atoms with van der Waals surface area (Å²) in [6, 6.07) is 0. The van der Waals surface area contributed by atoms with E-state index in [1.165, 1.54) is 141 Å². The molecule has 0 saturated heterocycles. The van der Waals surface area contributed by atoms with Crippen molar-refractivity contribution >= 4 is 17.9 Å². The van der Waals surface area contributed by atoms with Crippen molar-refractivity contribution in [2.24, 2.45) is 0 Å². The van der Waals surface area contributed by atoms with Gasteiger partial charge >= 0.3 is 17.9 Å². The molecule has 0 heterocycles. The number of hydrogen-bond acceptors (Lipinski definition) is 6. The van der Waals surface area contributed by atoms with Gasteiger partial charge in [-0.2, -0.15) is 0 Å². The van der Waals surface area contributed by atoms with E-state index in [9.17, 15) is 14.4 Å². The van der Waals surface area contributed by atoms with Crippen LogP contribution in [-0.2, 0) is 28.6 Å². The monoisotopic (exact) mass is 1070 g/mol. The third-order valence-electron chi connectivity index (χ3n) is 13.7. The van der Waals surface area contributed by atoms with Crippen molar-refractivity contribution in [3.05, 3.63) is 109 Å². The van der Waals surface area contributed by atoms with Crippen LogP contribution in [0.1, 0.15) is 303 Å². The predicted molar refractivity (Wildman–Crippen MR) is 334 cm³/mol. The Morgan fingerprint density at radius 3 is 0.805 bits per heavy atom. The minimum Gasteiger partial charge on any atom is -0.462 e. The maximum atomic E-state index is 12.9. The van der Waals surface area contributed by atoms with Crippen molar-refractivity contribution in [1.29, 1.82) is 0 Å². The van der Waals surface area contributed by atoms with Gasteiger partial charge in [-0.1, -0.05) is 271 Å². The minimum atomic E-state index is -0.795. The average molecular weight is 1070 g/mol. The number of carbonyl (C=O) groups is 3. The van der Waals surface area contributed by atoms with E-state index >= 15 is 0 Å². The third kappa shape index (κ3) is 62.8. The first-order chi connectivity index (χ1) is 38.0. The standard InChI is InChI=1S/C71H120O6/c1-4-7-10-13-16-19-22-25-27-29-30-31-32-33-34-35-36-37-38-39-40-42-43-46-49-52-55-58-61-64-70(73)76-67-68(66-75-69(72)63-60-57-54-51-48-45-24-21-18-15-12-9-6-3)77-71(74)65-62-59-56-53-50-47-44-41-28-26-23-20-17-14-11-8-5-2/h7,9-10,12,16-21,25-28,30-31,45,48,68H,4-6,8,11,13-15,22-24,29,32-44,46-47,49-67H2,1-3H3/b10-7-,12-9-,19-16-,20-17-,21-18-,27-25-,28-26-,31-30-,48-45-. The molecule has 0 amide bonds. The molecule has 0 aliphatic heterocycles. The van der Waals surface area contributed by atoms with Gasteiger partial charge < -0.3 is 14.2 Å². The molecule has 0 bridgehead atoms. The van der Waals surface area contributed by atoms with Gasteiger partial charge in [0.1, 0.15) is 13.2 Å². The molecule has 6 heteroatoms. The zero-order valence-corrected chi connectivity index (χ0v) is 50.4. The van der Waals surface area contributed by atoms with E-state index < -0.39 is 6.10 Å². The van der Waals surface area contributed by atoms with Crippen LogP contribution in [0, 0.1) is 0 Å². The van der Waals surface area contributed by atoms with Gasteiger partial charge in [0, 0.05) is 19.3 Å². The molecule has 0 aromatic carbocycles. The van der Waals surface area contributed by atoms with Crippen LogP contribution in [0.3, 0.4) is 0 Å². The fourth-order valence-electron chi connectivity index (χ4n) is 8.95. The molecule has 0 spiro atoms. The molecule has 0 saturated carbocycles. The van der Waals surface area contributed by atoms with Gasteiger partial charge in [0.25, 0.3) is 0 Å². The van der Waals surface area contributed by atoms with Crippen LogP contribution in [0.5, 0.6) is 0 Å². The van der Waals surface area contributed by atoms with Gasteiger partial charge in [0.2, 0.25) is 0 Å². The van der Waals surface area contributed by atoms with E-state index in [0.717, 1.165) is 122 Å². The highest BCUT2D eigenvalue weighted by molar-refractivity contribution is 5.71. The van der Waals surface area contributed by atoms with Crippen LogP contribution >= 0.6 is 0 Å². The SMILES string of the molecule is CC/C=C\C/C=C\C/C=C\C/C=C\CCCCCCCCCCCCCCCCCCC(=O)OCC(COC(=O)CCCCC/C=C\C/C=C\C/C=C\CC)OC(=O)CCCCCCCCC/C=C\C/C=C\CCCCC. The number of esters is 3. The summed E-state index contributed by atoms with van der Waals surface area (Å²) in [7, 11) is 0. The van der Waals surface area contributed by atoms with Gasteiger partial charge in [-0.15, -0.1) is 0 Å². The number of carbonyl (C=O) groups excluding carboxylic acids is 3. The number of hydrogen-bond donors (Lipinski definition) is 0. The lowest BCUT2D eigenvalue weighted by Gasteiger charge is -2.18. The summed E-state index contributed by atoms with van der Waals surface area (Å²) in [5.74, 6) is -0.920. The summed E-state index contributed by atoms with van der Waals surface area (Å²) in [5.41, 5.74) is 0. The maximum absolute atomic E-state index is 12.9. The normalized spacial score (nSPS) is 12.8. The van der Waals surface area contributed by atoms with E-state index in [1.54, 1.807) is 0 Å². The quantitative estimate of drug-likeness (QED) is 0.0261. The van der Waals surface area contributed by atoms with Crippen LogP contribution in [0.15, 0.2) is 109 Å². The molecule has 0 aliphatic carbocycles. The van der Waals surface area contributed by atoms with Crippen LogP contribution < -0.4 is 0 Å². The highest BCUT2D eigenvalue weighted by atomic mass is 16.6. The second-order valence-electron chi connectivity index (χ2n) is 21.3. The molecular weight excluding hydrogens is 949 g/mol. The van der Waals surface area contributed by atoms with Gasteiger partial charge in [-0.05, 0) is 122 Å². The minimum absolute atomic E-state index is 0.0898. The lowest BCUT2D eigenvalue weighted by atomic mass is 10.0. The zero-order valence-electron chi connectivity index (χ0n) is 50.4. The molecule has 1 atom stereocenters. The third-order valence-corrected chi connectivity index (χ3v) is 13.7. The molecule has 1 unspecified atom stereocenters. The van der Waals surface area contributed by atoms with Crippen molar-refractivity contribution in [3.8, 4) is 0 Å². The molecular formula is C71H120O6. The Labute approximate surface area is 476 Å². The second kappa shape index (κ2) is 64.6. The Kier molecular flexibility index (Phi) is 61.3. The summed E-state index contributed by atoms with van der Waals surface area (Å²) < 4.78 is 16.9. The van der Waals surface area contributed by atoms with Crippen molar-refractivity contribution in [3.63, 3.8) is 0 Å². The molecule has 0 rings (SSSR count). The molecule has 0 aliphatic rings. The second-order valence-corrected chi connectivity index (χ2v) is 21.3. The lowest BCUT2D eigenvalue weighted by molar-refractivity contribution is -0.167. The summed E-state index contributed by atoms with van der Waals surface area (Å²) >= 11 is 0. The van der Waals surface area contributed by atoms with Gasteiger partial charge in [-0.3, -0.25) is 14.4 Å². The van der Waals surface area contributed by atoms with Gasteiger partial charge in [-0.25, -0.2) is 0 Å².